The van der Waals surface area contributed by atoms with Crippen LogP contribution >= 0.6 is 0 Å². The second-order valence-corrected chi connectivity index (χ2v) is 7.40. The van der Waals surface area contributed by atoms with Crippen molar-refractivity contribution in [2.24, 2.45) is 0 Å². The first-order chi connectivity index (χ1) is 14.0. The second kappa shape index (κ2) is 8.90. The minimum Gasteiger partial charge on any atom is -0.350 e. The van der Waals surface area contributed by atoms with Gasteiger partial charge in [-0.2, -0.15) is 0 Å². The maximum Gasteiger partial charge on any atom is 0.325 e. The van der Waals surface area contributed by atoms with Crippen LogP contribution in [0.15, 0.2) is 54.6 Å². The molecule has 1 aliphatic rings. The average molecular weight is 393 g/mol. The van der Waals surface area contributed by atoms with Gasteiger partial charge in [0.1, 0.15) is 12.1 Å². The van der Waals surface area contributed by atoms with Crippen molar-refractivity contribution in [2.45, 2.75) is 45.2 Å². The molecule has 1 atom stereocenters. The molecule has 2 aromatic rings. The summed E-state index contributed by atoms with van der Waals surface area (Å²) in [6, 6.07) is 16.5. The maximum atomic E-state index is 13.3. The molecule has 0 spiro atoms. The number of nitrogens with zero attached hydrogens (tertiary/aromatic N) is 1. The van der Waals surface area contributed by atoms with Crippen LogP contribution in [0.25, 0.3) is 0 Å². The second-order valence-electron chi connectivity index (χ2n) is 7.40. The van der Waals surface area contributed by atoms with Gasteiger partial charge in [0.05, 0.1) is 0 Å². The smallest absolute Gasteiger partial charge is 0.325 e. The van der Waals surface area contributed by atoms with Gasteiger partial charge in [0.2, 0.25) is 5.91 Å². The Kier molecular flexibility index (Phi) is 6.32. The fourth-order valence-electron chi connectivity index (χ4n) is 3.65. The van der Waals surface area contributed by atoms with Crippen LogP contribution in [-0.2, 0) is 21.7 Å². The molecule has 1 aliphatic heterocycles. The number of carbonyl (C=O) groups excluding carboxylic acids is 3. The van der Waals surface area contributed by atoms with Gasteiger partial charge < -0.3 is 10.6 Å². The highest BCUT2D eigenvalue weighted by Crippen LogP contribution is 2.34. The van der Waals surface area contributed by atoms with E-state index in [2.05, 4.69) is 10.6 Å². The predicted octanol–water partition coefficient (Wildman–Crippen LogP) is 3.25. The fourth-order valence-corrected chi connectivity index (χ4v) is 3.65. The van der Waals surface area contributed by atoms with Gasteiger partial charge in [0.25, 0.3) is 5.91 Å². The van der Waals surface area contributed by atoms with Gasteiger partial charge in [0.15, 0.2) is 0 Å². The van der Waals surface area contributed by atoms with Crippen LogP contribution in [0.4, 0.5) is 4.79 Å². The highest BCUT2D eigenvalue weighted by molar-refractivity contribution is 6.09. The summed E-state index contributed by atoms with van der Waals surface area (Å²) < 4.78 is 0. The Balaban J connectivity index is 1.73. The topological polar surface area (TPSA) is 78.5 Å². The molecule has 1 heterocycles. The van der Waals surface area contributed by atoms with E-state index in [9.17, 15) is 14.4 Å². The van der Waals surface area contributed by atoms with E-state index in [4.69, 9.17) is 0 Å². The van der Waals surface area contributed by atoms with Gasteiger partial charge in [-0.1, -0.05) is 74.4 Å². The first kappa shape index (κ1) is 20.6. The molecular formula is C23H27N3O3. The van der Waals surface area contributed by atoms with E-state index >= 15 is 0 Å². The molecule has 0 radical (unpaired) electrons. The molecule has 1 saturated heterocycles. The highest BCUT2D eigenvalue weighted by atomic mass is 16.2. The zero-order chi connectivity index (χ0) is 20.9. The van der Waals surface area contributed by atoms with Crippen molar-refractivity contribution in [1.29, 1.82) is 0 Å². The minimum atomic E-state index is -1.11. The standard InChI is InChI=1S/C23H27N3O3/c1-3-4-14-23(19-12-6-5-7-13-19)21(28)26(22(29)25-23)16-20(27)24-15-18-11-9-8-10-17(18)2/h5-13H,3-4,14-16H2,1-2H3,(H,24,27)(H,25,29). The molecule has 152 valence electrons. The van der Waals surface area contributed by atoms with Gasteiger partial charge >= 0.3 is 6.03 Å². The molecule has 6 heteroatoms. The lowest BCUT2D eigenvalue weighted by molar-refractivity contribution is -0.135. The SMILES string of the molecule is CCCCC1(c2ccccc2)NC(=O)N(CC(=O)NCc2ccccc2C)C1=O. The fraction of sp³-hybridized carbons (Fsp3) is 0.348. The van der Waals surface area contributed by atoms with E-state index in [1.807, 2.05) is 68.4 Å². The Hall–Kier alpha value is -3.15. The first-order valence-electron chi connectivity index (χ1n) is 9.99. The minimum absolute atomic E-state index is 0.294. The summed E-state index contributed by atoms with van der Waals surface area (Å²) >= 11 is 0. The maximum absolute atomic E-state index is 13.3. The van der Waals surface area contributed by atoms with Crippen molar-refractivity contribution >= 4 is 17.8 Å². The number of unbranched alkanes of at least 4 members (excludes halogenated alkanes) is 1. The molecule has 1 unspecified atom stereocenters. The number of hydrogen-bond acceptors (Lipinski definition) is 3. The van der Waals surface area contributed by atoms with Crippen LogP contribution in [0.3, 0.4) is 0 Å². The molecule has 1 fully saturated rings. The van der Waals surface area contributed by atoms with Crippen molar-refractivity contribution in [2.75, 3.05) is 6.54 Å². The summed E-state index contributed by atoms with van der Waals surface area (Å²) in [5, 5.41) is 5.67. The summed E-state index contributed by atoms with van der Waals surface area (Å²) in [4.78, 5) is 39.4. The zero-order valence-corrected chi connectivity index (χ0v) is 16.9. The third kappa shape index (κ3) is 4.31. The van der Waals surface area contributed by atoms with Crippen LogP contribution in [0.5, 0.6) is 0 Å². The van der Waals surface area contributed by atoms with Gasteiger partial charge in [-0.25, -0.2) is 4.79 Å². The number of hydrogen-bond donors (Lipinski definition) is 2. The molecule has 4 amide bonds. The Bertz CT molecular complexity index is 897. The molecule has 2 aromatic carbocycles. The number of benzene rings is 2. The molecule has 0 saturated carbocycles. The lowest BCUT2D eigenvalue weighted by Gasteiger charge is -2.27. The van der Waals surface area contributed by atoms with E-state index in [-0.39, 0.29) is 18.4 Å². The summed E-state index contributed by atoms with van der Waals surface area (Å²) in [6.07, 6.45) is 2.18. The predicted molar refractivity (Wildman–Crippen MR) is 111 cm³/mol. The Morgan fingerprint density at radius 3 is 2.45 bits per heavy atom. The molecule has 6 nitrogen and oxygen atoms in total. The number of carbonyl (C=O) groups is 3. The van der Waals surface area contributed by atoms with E-state index < -0.39 is 11.6 Å². The number of aryl methyl sites for hydroxylation is 1. The molecule has 0 bridgehead atoms. The summed E-state index contributed by atoms with van der Waals surface area (Å²) in [5.74, 6) is -0.732. The Labute approximate surface area is 171 Å². The van der Waals surface area contributed by atoms with Crippen LogP contribution < -0.4 is 10.6 Å². The summed E-state index contributed by atoms with van der Waals surface area (Å²) in [7, 11) is 0. The number of urea groups is 1. The summed E-state index contributed by atoms with van der Waals surface area (Å²) in [6.45, 7) is 4.07. The van der Waals surface area contributed by atoms with E-state index in [1.54, 1.807) is 0 Å². The van der Waals surface area contributed by atoms with Gasteiger partial charge in [0, 0.05) is 6.54 Å². The van der Waals surface area contributed by atoms with E-state index in [1.165, 1.54) is 0 Å². The summed E-state index contributed by atoms with van der Waals surface area (Å²) in [5.41, 5.74) is 1.71. The lowest BCUT2D eigenvalue weighted by atomic mass is 9.85. The van der Waals surface area contributed by atoms with Crippen molar-refractivity contribution in [3.8, 4) is 0 Å². The van der Waals surface area contributed by atoms with Crippen molar-refractivity contribution in [3.05, 3.63) is 71.3 Å². The normalized spacial score (nSPS) is 18.6. The molecule has 3 rings (SSSR count). The molecule has 0 aliphatic carbocycles. The molecule has 0 aromatic heterocycles. The lowest BCUT2D eigenvalue weighted by Crippen LogP contribution is -2.45. The van der Waals surface area contributed by atoms with E-state index in [0.717, 1.165) is 34.4 Å². The molecule has 2 N–H and O–H groups in total. The van der Waals surface area contributed by atoms with Crippen molar-refractivity contribution in [1.82, 2.24) is 15.5 Å². The van der Waals surface area contributed by atoms with Crippen LogP contribution in [-0.4, -0.2) is 29.3 Å². The number of nitrogens with one attached hydrogen (secondary N) is 2. The number of amides is 4. The first-order valence-corrected chi connectivity index (χ1v) is 9.99. The Morgan fingerprint density at radius 2 is 1.76 bits per heavy atom. The van der Waals surface area contributed by atoms with Crippen LogP contribution in [0, 0.1) is 6.92 Å². The quantitative estimate of drug-likeness (QED) is 0.676. The molecular weight excluding hydrogens is 366 g/mol. The van der Waals surface area contributed by atoms with E-state index in [0.29, 0.717) is 13.0 Å². The monoisotopic (exact) mass is 393 g/mol. The van der Waals surface area contributed by atoms with Gasteiger partial charge in [-0.3, -0.25) is 14.5 Å². The van der Waals surface area contributed by atoms with Crippen LogP contribution in [0.1, 0.15) is 42.9 Å². The van der Waals surface area contributed by atoms with Crippen molar-refractivity contribution in [3.63, 3.8) is 0 Å². The largest absolute Gasteiger partial charge is 0.350 e. The van der Waals surface area contributed by atoms with Crippen molar-refractivity contribution < 1.29 is 14.4 Å². The number of imide groups is 1. The van der Waals surface area contributed by atoms with Gasteiger partial charge in [-0.05, 0) is 30.0 Å². The van der Waals surface area contributed by atoms with Gasteiger partial charge in [-0.15, -0.1) is 0 Å². The van der Waals surface area contributed by atoms with Crippen LogP contribution in [0.2, 0.25) is 0 Å². The third-order valence-corrected chi connectivity index (χ3v) is 5.39. The third-order valence-electron chi connectivity index (χ3n) is 5.39. The zero-order valence-electron chi connectivity index (χ0n) is 16.9. The average Bonchev–Trinajstić information content (AvgIpc) is 2.97. The highest BCUT2D eigenvalue weighted by Gasteiger charge is 2.52. The molecule has 29 heavy (non-hydrogen) atoms. The number of rotatable bonds is 8. The Morgan fingerprint density at radius 1 is 1.07 bits per heavy atom.